The summed E-state index contributed by atoms with van der Waals surface area (Å²) in [6.07, 6.45) is 1.49. The molecule has 0 aliphatic heterocycles. The smallest absolute Gasteiger partial charge is 0.128 e. The van der Waals surface area contributed by atoms with E-state index in [-0.39, 0.29) is 5.57 Å². The average molecular weight is 150 g/mol. The highest BCUT2D eigenvalue weighted by Gasteiger charge is 2.13. The normalized spacial score (nSPS) is 9.55. The second-order valence-corrected chi connectivity index (χ2v) is 2.59. The summed E-state index contributed by atoms with van der Waals surface area (Å²) < 4.78 is 4.99. The van der Waals surface area contributed by atoms with Crippen molar-refractivity contribution in [3.05, 3.63) is 11.6 Å². The van der Waals surface area contributed by atoms with Crippen LogP contribution in [0.2, 0.25) is 0 Å². The molecule has 0 aromatic heterocycles. The van der Waals surface area contributed by atoms with Crippen molar-refractivity contribution in [1.82, 2.24) is 0 Å². The molecule has 0 atom stereocenters. The summed E-state index contributed by atoms with van der Waals surface area (Å²) in [5, 5.41) is 16.8. The van der Waals surface area contributed by atoms with Crippen LogP contribution < -0.4 is 0 Å². The van der Waals surface area contributed by atoms with Crippen molar-refractivity contribution in [2.45, 2.75) is 19.4 Å². The van der Waals surface area contributed by atoms with Gasteiger partial charge >= 0.3 is 0 Å². The predicted octanol–water partition coefficient (Wildman–Crippen LogP) is 1.38. The first kappa shape index (κ1) is 9.68. The van der Waals surface area contributed by atoms with Crippen molar-refractivity contribution < 1.29 is 4.74 Å². The summed E-state index contributed by atoms with van der Waals surface area (Å²) in [6, 6.07) is 3.52. The van der Waals surface area contributed by atoms with Crippen LogP contribution in [0.15, 0.2) is 11.6 Å². The highest BCUT2D eigenvalue weighted by atomic mass is 16.5. The van der Waals surface area contributed by atoms with Gasteiger partial charge < -0.3 is 4.74 Å². The molecule has 0 saturated heterocycles. The number of hydrogen-bond acceptors (Lipinski definition) is 3. The lowest BCUT2D eigenvalue weighted by atomic mass is 10.1. The zero-order chi connectivity index (χ0) is 8.91. The van der Waals surface area contributed by atoms with E-state index in [2.05, 4.69) is 0 Å². The van der Waals surface area contributed by atoms with Crippen molar-refractivity contribution in [3.63, 3.8) is 0 Å². The number of methoxy groups -OCH3 is 1. The Morgan fingerprint density at radius 1 is 1.36 bits per heavy atom. The number of nitriles is 2. The maximum Gasteiger partial charge on any atom is 0.128 e. The van der Waals surface area contributed by atoms with E-state index in [1.54, 1.807) is 26.0 Å². The van der Waals surface area contributed by atoms with Crippen LogP contribution in [0.1, 0.15) is 13.8 Å². The molecule has 3 heteroatoms. The molecule has 0 N–H and O–H groups in total. The van der Waals surface area contributed by atoms with E-state index in [0.717, 1.165) is 0 Å². The molecule has 0 bridgehead atoms. The molecule has 0 aromatic carbocycles. The summed E-state index contributed by atoms with van der Waals surface area (Å²) in [5.41, 5.74) is -0.460. The number of allylic oxidation sites excluding steroid dienone is 1. The minimum absolute atomic E-state index is 0.0804. The van der Waals surface area contributed by atoms with E-state index in [9.17, 15) is 0 Å². The van der Waals surface area contributed by atoms with Gasteiger partial charge in [0, 0.05) is 7.11 Å². The van der Waals surface area contributed by atoms with Crippen LogP contribution in [-0.2, 0) is 4.74 Å². The molecule has 0 aliphatic rings. The summed E-state index contributed by atoms with van der Waals surface area (Å²) in [7, 11) is 1.53. The molecule has 0 saturated carbocycles. The van der Waals surface area contributed by atoms with Crippen LogP contribution in [-0.4, -0.2) is 12.7 Å². The first-order valence-corrected chi connectivity index (χ1v) is 3.14. The molecule has 0 aromatic rings. The quantitative estimate of drug-likeness (QED) is 0.559. The van der Waals surface area contributed by atoms with Crippen molar-refractivity contribution in [2.24, 2.45) is 0 Å². The molecule has 0 aliphatic carbocycles. The van der Waals surface area contributed by atoms with E-state index >= 15 is 0 Å². The number of nitrogens with zero attached hydrogens (tertiary/aromatic N) is 2. The summed E-state index contributed by atoms with van der Waals surface area (Å²) in [6.45, 7) is 3.56. The third kappa shape index (κ3) is 3.40. The fraction of sp³-hybridized carbons (Fsp3) is 0.500. The second kappa shape index (κ2) is 3.75. The molecule has 0 rings (SSSR count). The van der Waals surface area contributed by atoms with Gasteiger partial charge in [-0.05, 0) is 19.9 Å². The SMILES string of the molecule is COC(C)(C)C=C(C#N)C#N. The van der Waals surface area contributed by atoms with E-state index < -0.39 is 5.60 Å². The fourth-order valence-corrected chi connectivity index (χ4v) is 0.496. The predicted molar refractivity (Wildman–Crippen MR) is 40.4 cm³/mol. The van der Waals surface area contributed by atoms with E-state index in [4.69, 9.17) is 15.3 Å². The van der Waals surface area contributed by atoms with Crippen LogP contribution in [0.3, 0.4) is 0 Å². The highest BCUT2D eigenvalue weighted by molar-refractivity contribution is 5.36. The number of rotatable bonds is 2. The number of ether oxygens (including phenoxy) is 1. The Bertz CT molecular complexity index is 224. The molecule has 0 spiro atoms. The molecule has 0 radical (unpaired) electrons. The summed E-state index contributed by atoms with van der Waals surface area (Å²) >= 11 is 0. The first-order valence-electron chi connectivity index (χ1n) is 3.14. The standard InChI is InChI=1S/C8H10N2O/c1-8(2,11-3)4-7(5-9)6-10/h4H,1-3H3. The minimum atomic E-state index is -0.541. The van der Waals surface area contributed by atoms with Gasteiger partial charge in [-0.3, -0.25) is 0 Å². The van der Waals surface area contributed by atoms with Crippen LogP contribution >= 0.6 is 0 Å². The van der Waals surface area contributed by atoms with E-state index in [1.807, 2.05) is 0 Å². The zero-order valence-electron chi connectivity index (χ0n) is 6.88. The topological polar surface area (TPSA) is 56.8 Å². The molecule has 0 unspecified atom stereocenters. The van der Waals surface area contributed by atoms with Gasteiger partial charge in [0.1, 0.15) is 17.7 Å². The van der Waals surface area contributed by atoms with E-state index in [0.29, 0.717) is 0 Å². The lowest BCUT2D eigenvalue weighted by Gasteiger charge is -2.17. The van der Waals surface area contributed by atoms with Gasteiger partial charge in [-0.2, -0.15) is 10.5 Å². The Balaban J connectivity index is 4.57. The van der Waals surface area contributed by atoms with Crippen LogP contribution in [0.25, 0.3) is 0 Å². The lowest BCUT2D eigenvalue weighted by molar-refractivity contribution is 0.0653. The maximum atomic E-state index is 8.39. The minimum Gasteiger partial charge on any atom is -0.375 e. The first-order chi connectivity index (χ1) is 5.05. The second-order valence-electron chi connectivity index (χ2n) is 2.59. The summed E-state index contributed by atoms with van der Waals surface area (Å²) in [4.78, 5) is 0. The van der Waals surface area contributed by atoms with Gasteiger partial charge in [-0.15, -0.1) is 0 Å². The largest absolute Gasteiger partial charge is 0.375 e. The van der Waals surface area contributed by atoms with Crippen molar-refractivity contribution in [3.8, 4) is 12.1 Å². The fourth-order valence-electron chi connectivity index (χ4n) is 0.496. The van der Waals surface area contributed by atoms with Crippen molar-refractivity contribution in [1.29, 1.82) is 10.5 Å². The molecule has 0 heterocycles. The Kier molecular flexibility index (Phi) is 3.30. The molecular formula is C8H10N2O. The molecule has 3 nitrogen and oxygen atoms in total. The van der Waals surface area contributed by atoms with Gasteiger partial charge in [-0.25, -0.2) is 0 Å². The maximum absolute atomic E-state index is 8.39. The van der Waals surface area contributed by atoms with Crippen LogP contribution in [0, 0.1) is 22.7 Å². The van der Waals surface area contributed by atoms with Crippen LogP contribution in [0.5, 0.6) is 0 Å². The van der Waals surface area contributed by atoms with Gasteiger partial charge in [0.05, 0.1) is 5.60 Å². The Morgan fingerprint density at radius 3 is 2.09 bits per heavy atom. The van der Waals surface area contributed by atoms with Gasteiger partial charge in [0.2, 0.25) is 0 Å². The summed E-state index contributed by atoms with van der Waals surface area (Å²) in [5.74, 6) is 0. The molecular weight excluding hydrogens is 140 g/mol. The van der Waals surface area contributed by atoms with Crippen molar-refractivity contribution in [2.75, 3.05) is 7.11 Å². The Hall–Kier alpha value is -1.32. The van der Waals surface area contributed by atoms with Crippen LogP contribution in [0.4, 0.5) is 0 Å². The lowest BCUT2D eigenvalue weighted by Crippen LogP contribution is -2.19. The number of hydrogen-bond donors (Lipinski definition) is 0. The Morgan fingerprint density at radius 2 is 1.82 bits per heavy atom. The highest BCUT2D eigenvalue weighted by Crippen LogP contribution is 2.11. The third-order valence-corrected chi connectivity index (χ3v) is 1.26. The Labute approximate surface area is 66.5 Å². The molecule has 11 heavy (non-hydrogen) atoms. The third-order valence-electron chi connectivity index (χ3n) is 1.26. The van der Waals surface area contributed by atoms with Gasteiger partial charge in [0.25, 0.3) is 0 Å². The van der Waals surface area contributed by atoms with Gasteiger partial charge in [-0.1, -0.05) is 0 Å². The monoisotopic (exact) mass is 150 g/mol. The van der Waals surface area contributed by atoms with Crippen molar-refractivity contribution >= 4 is 0 Å². The molecule has 0 amide bonds. The zero-order valence-corrected chi connectivity index (χ0v) is 6.88. The molecule has 0 fully saturated rings. The van der Waals surface area contributed by atoms with E-state index in [1.165, 1.54) is 13.2 Å². The average Bonchev–Trinajstić information content (AvgIpc) is 2.00. The van der Waals surface area contributed by atoms with Gasteiger partial charge in [0.15, 0.2) is 0 Å². The molecule has 58 valence electrons.